The van der Waals surface area contributed by atoms with Gasteiger partial charge in [-0.1, -0.05) is 30.3 Å². The van der Waals surface area contributed by atoms with Gasteiger partial charge in [0.05, 0.1) is 19.1 Å². The standard InChI is InChI=1S/C25H27NO6/c1-4-31-23(29)25(24(30)32-5-2)14-18-12-11-17(16(3)27)13-20(18)21(15-25)22(28)26-19-9-7-6-8-10-19/h6-13,21H,4-5,14-15H2,1-3H3,(H,26,28). The Labute approximate surface area is 187 Å². The first-order chi connectivity index (χ1) is 15.3. The first-order valence-corrected chi connectivity index (χ1v) is 10.7. The third-order valence-electron chi connectivity index (χ3n) is 5.66. The van der Waals surface area contributed by atoms with Gasteiger partial charge in [0.2, 0.25) is 5.91 Å². The third-order valence-corrected chi connectivity index (χ3v) is 5.66. The topological polar surface area (TPSA) is 98.8 Å². The number of amides is 1. The predicted molar refractivity (Wildman–Crippen MR) is 118 cm³/mol. The molecule has 0 radical (unpaired) electrons. The van der Waals surface area contributed by atoms with Crippen LogP contribution in [0.4, 0.5) is 5.69 Å². The van der Waals surface area contributed by atoms with Crippen LogP contribution in [0.1, 0.15) is 54.6 Å². The number of carbonyl (C=O) groups excluding carboxylic acids is 4. The van der Waals surface area contributed by atoms with E-state index in [9.17, 15) is 19.2 Å². The summed E-state index contributed by atoms with van der Waals surface area (Å²) in [7, 11) is 0. The summed E-state index contributed by atoms with van der Waals surface area (Å²) in [6.45, 7) is 4.96. The van der Waals surface area contributed by atoms with Gasteiger partial charge in [0, 0.05) is 11.3 Å². The van der Waals surface area contributed by atoms with Crippen molar-refractivity contribution in [3.05, 3.63) is 65.2 Å². The maximum absolute atomic E-state index is 13.4. The van der Waals surface area contributed by atoms with Gasteiger partial charge in [0.25, 0.3) is 0 Å². The maximum atomic E-state index is 13.4. The zero-order chi connectivity index (χ0) is 23.3. The molecule has 2 aromatic carbocycles. The Kier molecular flexibility index (Phi) is 7.08. The molecule has 32 heavy (non-hydrogen) atoms. The Morgan fingerprint density at radius 2 is 1.59 bits per heavy atom. The lowest BCUT2D eigenvalue weighted by Crippen LogP contribution is -2.48. The summed E-state index contributed by atoms with van der Waals surface area (Å²) in [4.78, 5) is 51.4. The van der Waals surface area contributed by atoms with Gasteiger partial charge in [-0.15, -0.1) is 0 Å². The van der Waals surface area contributed by atoms with Crippen LogP contribution in [-0.4, -0.2) is 36.8 Å². The van der Waals surface area contributed by atoms with E-state index in [0.717, 1.165) is 0 Å². The quantitative estimate of drug-likeness (QED) is 0.403. The Balaban J connectivity index is 2.10. The number of rotatable bonds is 7. The van der Waals surface area contributed by atoms with E-state index in [2.05, 4.69) is 5.32 Å². The summed E-state index contributed by atoms with van der Waals surface area (Å²) in [6.07, 6.45) is -0.0784. The summed E-state index contributed by atoms with van der Waals surface area (Å²) in [6, 6.07) is 13.9. The third kappa shape index (κ3) is 4.56. The maximum Gasteiger partial charge on any atom is 0.323 e. The van der Waals surface area contributed by atoms with E-state index in [-0.39, 0.29) is 37.7 Å². The second-order valence-corrected chi connectivity index (χ2v) is 7.78. The number of fused-ring (bicyclic) bond motifs is 1. The Morgan fingerprint density at radius 1 is 0.969 bits per heavy atom. The molecule has 1 aliphatic rings. The average Bonchev–Trinajstić information content (AvgIpc) is 2.78. The number of ether oxygens (including phenoxy) is 2. The fraction of sp³-hybridized carbons (Fsp3) is 0.360. The van der Waals surface area contributed by atoms with Crippen LogP contribution in [0.15, 0.2) is 48.5 Å². The minimum atomic E-state index is -1.64. The SMILES string of the molecule is CCOC(=O)C1(C(=O)OCC)Cc2ccc(C(C)=O)cc2C(C(=O)Nc2ccccc2)C1. The van der Waals surface area contributed by atoms with Crippen LogP contribution in [0, 0.1) is 5.41 Å². The first-order valence-electron chi connectivity index (χ1n) is 10.7. The van der Waals surface area contributed by atoms with E-state index in [1.54, 1.807) is 56.3 Å². The summed E-state index contributed by atoms with van der Waals surface area (Å²) >= 11 is 0. The van der Waals surface area contributed by atoms with Crippen LogP contribution in [0.2, 0.25) is 0 Å². The van der Waals surface area contributed by atoms with Gasteiger partial charge in [-0.25, -0.2) is 0 Å². The van der Waals surface area contributed by atoms with E-state index in [0.29, 0.717) is 22.4 Å². The number of anilines is 1. The van der Waals surface area contributed by atoms with Crippen molar-refractivity contribution < 1.29 is 28.7 Å². The lowest BCUT2D eigenvalue weighted by Gasteiger charge is -2.37. The first kappa shape index (κ1) is 23.2. The number of para-hydroxylation sites is 1. The van der Waals surface area contributed by atoms with Crippen molar-refractivity contribution in [3.8, 4) is 0 Å². The fourth-order valence-electron chi connectivity index (χ4n) is 4.07. The van der Waals surface area contributed by atoms with Crippen molar-refractivity contribution in [1.82, 2.24) is 0 Å². The van der Waals surface area contributed by atoms with Crippen LogP contribution in [0.5, 0.6) is 0 Å². The van der Waals surface area contributed by atoms with Crippen LogP contribution in [0.3, 0.4) is 0 Å². The molecule has 168 valence electrons. The second-order valence-electron chi connectivity index (χ2n) is 7.78. The summed E-state index contributed by atoms with van der Waals surface area (Å²) in [5, 5.41) is 2.85. The van der Waals surface area contributed by atoms with Gasteiger partial charge < -0.3 is 14.8 Å². The van der Waals surface area contributed by atoms with Gasteiger partial charge >= 0.3 is 11.9 Å². The normalized spacial score (nSPS) is 16.4. The molecule has 7 heteroatoms. The number of ketones is 1. The van der Waals surface area contributed by atoms with Gasteiger partial charge in [-0.2, -0.15) is 0 Å². The number of esters is 2. The van der Waals surface area contributed by atoms with E-state index in [1.807, 2.05) is 6.07 Å². The van der Waals surface area contributed by atoms with Crippen molar-refractivity contribution in [3.63, 3.8) is 0 Å². The highest BCUT2D eigenvalue weighted by Crippen LogP contribution is 2.45. The highest BCUT2D eigenvalue weighted by atomic mass is 16.6. The molecule has 0 spiro atoms. The number of Topliss-reactive ketones (excluding diaryl/α,β-unsaturated/α-hetero) is 1. The summed E-state index contributed by atoms with van der Waals surface area (Å²) in [5.41, 5.74) is 0.660. The van der Waals surface area contributed by atoms with Crippen molar-refractivity contribution >= 4 is 29.3 Å². The number of benzene rings is 2. The molecule has 0 saturated heterocycles. The van der Waals surface area contributed by atoms with Crippen molar-refractivity contribution in [2.75, 3.05) is 18.5 Å². The molecule has 1 N–H and O–H groups in total. The highest BCUT2D eigenvalue weighted by molar-refractivity contribution is 6.04. The van der Waals surface area contributed by atoms with Crippen molar-refractivity contribution in [2.24, 2.45) is 5.41 Å². The molecule has 7 nitrogen and oxygen atoms in total. The smallest absolute Gasteiger partial charge is 0.323 e. The Morgan fingerprint density at radius 3 is 2.16 bits per heavy atom. The molecule has 1 aliphatic carbocycles. The van der Waals surface area contributed by atoms with Crippen LogP contribution in [-0.2, 0) is 30.3 Å². The number of hydrogen-bond donors (Lipinski definition) is 1. The average molecular weight is 437 g/mol. The monoisotopic (exact) mass is 437 g/mol. The molecule has 3 rings (SSSR count). The zero-order valence-electron chi connectivity index (χ0n) is 18.5. The molecule has 0 aliphatic heterocycles. The molecule has 1 amide bonds. The van der Waals surface area contributed by atoms with E-state index in [1.165, 1.54) is 6.92 Å². The summed E-state index contributed by atoms with van der Waals surface area (Å²) < 4.78 is 10.5. The van der Waals surface area contributed by atoms with E-state index < -0.39 is 23.3 Å². The predicted octanol–water partition coefficient (Wildman–Crippen LogP) is 3.67. The van der Waals surface area contributed by atoms with Crippen LogP contribution >= 0.6 is 0 Å². The molecule has 1 unspecified atom stereocenters. The Hall–Kier alpha value is -3.48. The van der Waals surface area contributed by atoms with Crippen molar-refractivity contribution in [1.29, 1.82) is 0 Å². The van der Waals surface area contributed by atoms with Gasteiger partial charge in [-0.3, -0.25) is 19.2 Å². The van der Waals surface area contributed by atoms with Crippen LogP contribution < -0.4 is 5.32 Å². The lowest BCUT2D eigenvalue weighted by atomic mass is 9.66. The number of carbonyl (C=O) groups is 4. The molecule has 0 heterocycles. The van der Waals surface area contributed by atoms with Gasteiger partial charge in [0.1, 0.15) is 0 Å². The van der Waals surface area contributed by atoms with Crippen molar-refractivity contribution in [2.45, 2.75) is 39.5 Å². The minimum Gasteiger partial charge on any atom is -0.465 e. The molecule has 0 aromatic heterocycles. The van der Waals surface area contributed by atoms with E-state index >= 15 is 0 Å². The number of hydrogen-bond acceptors (Lipinski definition) is 6. The highest BCUT2D eigenvalue weighted by Gasteiger charge is 2.54. The fourth-order valence-corrected chi connectivity index (χ4v) is 4.07. The number of nitrogens with one attached hydrogen (secondary N) is 1. The molecule has 0 fully saturated rings. The zero-order valence-corrected chi connectivity index (χ0v) is 18.5. The largest absolute Gasteiger partial charge is 0.465 e. The summed E-state index contributed by atoms with van der Waals surface area (Å²) in [5.74, 6) is -2.79. The molecular weight excluding hydrogens is 410 g/mol. The molecule has 1 atom stereocenters. The molecule has 0 saturated carbocycles. The Bertz CT molecular complexity index is 1010. The molecule has 2 aromatic rings. The lowest BCUT2D eigenvalue weighted by molar-refractivity contribution is -0.173. The van der Waals surface area contributed by atoms with Gasteiger partial charge in [0.15, 0.2) is 11.2 Å². The van der Waals surface area contributed by atoms with E-state index in [4.69, 9.17) is 9.47 Å². The second kappa shape index (κ2) is 9.77. The molecule has 0 bridgehead atoms. The minimum absolute atomic E-state index is 0.0350. The molecular formula is C25H27NO6. The van der Waals surface area contributed by atoms with Gasteiger partial charge in [-0.05, 0) is 62.9 Å². The van der Waals surface area contributed by atoms with Crippen LogP contribution in [0.25, 0.3) is 0 Å².